The zero-order valence-corrected chi connectivity index (χ0v) is 13.4. The van der Waals surface area contributed by atoms with Gasteiger partial charge in [0.15, 0.2) is 0 Å². The molecule has 0 saturated heterocycles. The van der Waals surface area contributed by atoms with Crippen LogP contribution in [0.15, 0.2) is 24.3 Å². The van der Waals surface area contributed by atoms with Crippen molar-refractivity contribution < 1.29 is 4.79 Å². The van der Waals surface area contributed by atoms with Crippen molar-refractivity contribution in [2.24, 2.45) is 0 Å². The summed E-state index contributed by atoms with van der Waals surface area (Å²) in [6, 6.07) is 8.26. The third-order valence-corrected chi connectivity index (χ3v) is 4.09. The van der Waals surface area contributed by atoms with E-state index in [0.29, 0.717) is 6.04 Å². The van der Waals surface area contributed by atoms with E-state index in [0.717, 1.165) is 24.2 Å². The van der Waals surface area contributed by atoms with E-state index in [1.807, 2.05) is 33.2 Å². The molecule has 1 aromatic rings. The molecular weight excluding hydrogens is 262 g/mol. The molecule has 0 bridgehead atoms. The Morgan fingerprint density at radius 2 is 1.95 bits per heavy atom. The summed E-state index contributed by atoms with van der Waals surface area (Å²) in [5.74, 6) is 0.0946. The molecule has 1 aliphatic carbocycles. The third-order valence-electron chi connectivity index (χ3n) is 4.09. The van der Waals surface area contributed by atoms with Gasteiger partial charge in [-0.15, -0.1) is 0 Å². The molecule has 0 heterocycles. The topological polar surface area (TPSA) is 44.4 Å². The molecule has 0 radical (unpaired) electrons. The van der Waals surface area contributed by atoms with Crippen LogP contribution < -0.4 is 15.5 Å². The van der Waals surface area contributed by atoms with Gasteiger partial charge in [0.05, 0.1) is 0 Å². The fourth-order valence-corrected chi connectivity index (χ4v) is 2.76. The van der Waals surface area contributed by atoms with Crippen LogP contribution in [0.25, 0.3) is 0 Å². The van der Waals surface area contributed by atoms with Crippen molar-refractivity contribution in [2.45, 2.75) is 51.1 Å². The lowest BCUT2D eigenvalue weighted by Gasteiger charge is -2.25. The van der Waals surface area contributed by atoms with Gasteiger partial charge in [-0.1, -0.05) is 25.3 Å². The van der Waals surface area contributed by atoms with Crippen LogP contribution >= 0.6 is 0 Å². The number of benzene rings is 1. The lowest BCUT2D eigenvalue weighted by Crippen LogP contribution is -2.44. The number of amides is 1. The number of nitrogens with zero attached hydrogens (tertiary/aromatic N) is 1. The minimum absolute atomic E-state index is 0.0946. The lowest BCUT2D eigenvalue weighted by atomic mass is 9.95. The second-order valence-corrected chi connectivity index (χ2v) is 6.15. The number of hydrogen-bond donors (Lipinski definition) is 2. The Morgan fingerprint density at radius 1 is 1.24 bits per heavy atom. The quantitative estimate of drug-likeness (QED) is 0.876. The standard InChI is InChI=1S/C17H27N3O/c1-13(17(21)19-14-8-5-4-6-9-14)18-15-10-7-11-16(12-15)20(2)3/h7,10-14,18H,4-6,8-9H2,1-3H3,(H,19,21). The number of carbonyl (C=O) groups excluding carboxylic acids is 1. The van der Waals surface area contributed by atoms with E-state index >= 15 is 0 Å². The highest BCUT2D eigenvalue weighted by molar-refractivity contribution is 5.84. The predicted octanol–water partition coefficient (Wildman–Crippen LogP) is 3.00. The van der Waals surface area contributed by atoms with Crippen molar-refractivity contribution in [3.63, 3.8) is 0 Å². The van der Waals surface area contributed by atoms with E-state index in [-0.39, 0.29) is 11.9 Å². The fourth-order valence-electron chi connectivity index (χ4n) is 2.76. The van der Waals surface area contributed by atoms with Crippen LogP contribution in [-0.4, -0.2) is 32.1 Å². The molecule has 1 amide bonds. The molecule has 116 valence electrons. The van der Waals surface area contributed by atoms with Crippen LogP contribution in [0.4, 0.5) is 11.4 Å². The Hall–Kier alpha value is -1.71. The van der Waals surface area contributed by atoms with Crippen molar-refractivity contribution in [1.82, 2.24) is 5.32 Å². The molecule has 1 saturated carbocycles. The highest BCUT2D eigenvalue weighted by atomic mass is 16.2. The normalized spacial score (nSPS) is 17.1. The molecule has 0 spiro atoms. The second-order valence-electron chi connectivity index (χ2n) is 6.15. The van der Waals surface area contributed by atoms with Gasteiger partial charge in [-0.2, -0.15) is 0 Å². The number of nitrogens with one attached hydrogen (secondary N) is 2. The van der Waals surface area contributed by atoms with Gasteiger partial charge in [0, 0.05) is 31.5 Å². The first-order chi connectivity index (χ1) is 10.1. The molecule has 4 nitrogen and oxygen atoms in total. The summed E-state index contributed by atoms with van der Waals surface area (Å²) in [6.45, 7) is 1.92. The summed E-state index contributed by atoms with van der Waals surface area (Å²) < 4.78 is 0. The van der Waals surface area contributed by atoms with Crippen LogP contribution in [0.1, 0.15) is 39.0 Å². The monoisotopic (exact) mass is 289 g/mol. The van der Waals surface area contributed by atoms with Crippen LogP contribution in [0.2, 0.25) is 0 Å². The number of hydrogen-bond acceptors (Lipinski definition) is 3. The molecule has 2 N–H and O–H groups in total. The van der Waals surface area contributed by atoms with Crippen LogP contribution in [0.3, 0.4) is 0 Å². The Bertz CT molecular complexity index is 467. The Morgan fingerprint density at radius 3 is 2.62 bits per heavy atom. The van der Waals surface area contributed by atoms with E-state index in [1.165, 1.54) is 19.3 Å². The van der Waals surface area contributed by atoms with Crippen LogP contribution in [0, 0.1) is 0 Å². The SMILES string of the molecule is CC(Nc1cccc(N(C)C)c1)C(=O)NC1CCCCC1. The fraction of sp³-hybridized carbons (Fsp3) is 0.588. The third kappa shape index (κ3) is 4.66. The van der Waals surface area contributed by atoms with Crippen molar-refractivity contribution in [2.75, 3.05) is 24.3 Å². The maximum atomic E-state index is 12.3. The second kappa shape index (κ2) is 7.34. The van der Waals surface area contributed by atoms with Crippen LogP contribution in [-0.2, 0) is 4.79 Å². The minimum atomic E-state index is -0.218. The first-order valence-electron chi connectivity index (χ1n) is 7.90. The van der Waals surface area contributed by atoms with E-state index in [1.54, 1.807) is 0 Å². The molecular formula is C17H27N3O. The van der Waals surface area contributed by atoms with E-state index in [4.69, 9.17) is 0 Å². The molecule has 1 aromatic carbocycles. The highest BCUT2D eigenvalue weighted by Crippen LogP contribution is 2.19. The zero-order chi connectivity index (χ0) is 15.2. The molecule has 0 aliphatic heterocycles. The molecule has 0 aromatic heterocycles. The van der Waals surface area contributed by atoms with Crippen molar-refractivity contribution >= 4 is 17.3 Å². The Kier molecular flexibility index (Phi) is 5.48. The molecule has 1 aliphatic rings. The molecule has 1 fully saturated rings. The maximum absolute atomic E-state index is 12.3. The summed E-state index contributed by atoms with van der Waals surface area (Å²) >= 11 is 0. The van der Waals surface area contributed by atoms with Gasteiger partial charge in [-0.05, 0) is 38.0 Å². The first-order valence-corrected chi connectivity index (χ1v) is 7.90. The first kappa shape index (κ1) is 15.7. The van der Waals surface area contributed by atoms with Gasteiger partial charge < -0.3 is 15.5 Å². The number of anilines is 2. The van der Waals surface area contributed by atoms with Gasteiger partial charge in [0.25, 0.3) is 0 Å². The summed E-state index contributed by atoms with van der Waals surface area (Å²) in [7, 11) is 4.02. The minimum Gasteiger partial charge on any atom is -0.378 e. The maximum Gasteiger partial charge on any atom is 0.242 e. The van der Waals surface area contributed by atoms with Crippen molar-refractivity contribution in [3.8, 4) is 0 Å². The van der Waals surface area contributed by atoms with E-state index in [2.05, 4.69) is 27.7 Å². The molecule has 21 heavy (non-hydrogen) atoms. The van der Waals surface area contributed by atoms with Crippen molar-refractivity contribution in [1.29, 1.82) is 0 Å². The van der Waals surface area contributed by atoms with Gasteiger partial charge in [-0.25, -0.2) is 0 Å². The zero-order valence-electron chi connectivity index (χ0n) is 13.4. The van der Waals surface area contributed by atoms with Crippen molar-refractivity contribution in [3.05, 3.63) is 24.3 Å². The smallest absolute Gasteiger partial charge is 0.242 e. The lowest BCUT2D eigenvalue weighted by molar-refractivity contribution is -0.122. The summed E-state index contributed by atoms with van der Waals surface area (Å²) in [5, 5.41) is 6.45. The average molecular weight is 289 g/mol. The highest BCUT2D eigenvalue weighted by Gasteiger charge is 2.19. The largest absolute Gasteiger partial charge is 0.378 e. The van der Waals surface area contributed by atoms with Gasteiger partial charge in [0.1, 0.15) is 6.04 Å². The Labute approximate surface area is 127 Å². The van der Waals surface area contributed by atoms with Crippen LogP contribution in [0.5, 0.6) is 0 Å². The molecule has 2 rings (SSSR count). The predicted molar refractivity (Wildman–Crippen MR) is 88.9 cm³/mol. The van der Waals surface area contributed by atoms with Gasteiger partial charge >= 0.3 is 0 Å². The molecule has 1 unspecified atom stereocenters. The Balaban J connectivity index is 1.89. The molecule has 1 atom stereocenters. The summed E-state index contributed by atoms with van der Waals surface area (Å²) in [4.78, 5) is 14.3. The number of rotatable bonds is 5. The van der Waals surface area contributed by atoms with E-state index < -0.39 is 0 Å². The van der Waals surface area contributed by atoms with Gasteiger partial charge in [0.2, 0.25) is 5.91 Å². The molecule has 4 heteroatoms. The average Bonchev–Trinajstić information content (AvgIpc) is 2.48. The summed E-state index contributed by atoms with van der Waals surface area (Å²) in [6.07, 6.45) is 6.01. The number of carbonyl (C=O) groups is 1. The van der Waals surface area contributed by atoms with E-state index in [9.17, 15) is 4.79 Å². The van der Waals surface area contributed by atoms with Gasteiger partial charge in [-0.3, -0.25) is 4.79 Å². The summed E-state index contributed by atoms with van der Waals surface area (Å²) in [5.41, 5.74) is 2.10.